The molecule has 2 saturated heterocycles. The van der Waals surface area contributed by atoms with Crippen molar-refractivity contribution in [3.63, 3.8) is 0 Å². The van der Waals surface area contributed by atoms with E-state index in [1.54, 1.807) is 6.20 Å². The number of ether oxygens (including phenoxy) is 2. The van der Waals surface area contributed by atoms with Gasteiger partial charge in [0.05, 0.1) is 11.5 Å². The summed E-state index contributed by atoms with van der Waals surface area (Å²) in [6, 6.07) is 3.97. The number of pyridine rings is 1. The lowest BCUT2D eigenvalue weighted by Crippen LogP contribution is -2.34. The summed E-state index contributed by atoms with van der Waals surface area (Å²) in [4.78, 5) is 16.7. The van der Waals surface area contributed by atoms with E-state index in [0.717, 1.165) is 31.2 Å². The van der Waals surface area contributed by atoms with Crippen molar-refractivity contribution in [2.45, 2.75) is 63.9 Å². The molecular weight excluding hydrogens is 328 g/mol. The van der Waals surface area contributed by atoms with E-state index in [0.29, 0.717) is 13.1 Å². The van der Waals surface area contributed by atoms with Gasteiger partial charge in [0.15, 0.2) is 0 Å². The molecule has 0 radical (unpaired) electrons. The molecule has 0 unspecified atom stereocenters. The predicted molar refractivity (Wildman–Crippen MR) is 98.3 cm³/mol. The topological polar surface area (TPSA) is 63.8 Å². The highest BCUT2D eigenvalue weighted by Crippen LogP contribution is 2.50. The molecular formula is C21H28N2O3. The standard InChI is InChI=1S/C21H28N2O3/c1-14-5-3-9-21(2)19(26-21)18-16(8-7-14)17(20(24)25-18)13-23-12-15-6-4-10-22-11-15/h4-6,10-11,16-19,23H,3,7-9,12-13H2,1-2H3/b14-5+/t16-,17-,18-,19-,21+/m0/s1. The Balaban J connectivity index is 1.44. The first kappa shape index (κ1) is 17.7. The average molecular weight is 356 g/mol. The van der Waals surface area contributed by atoms with Gasteiger partial charge < -0.3 is 14.8 Å². The molecule has 3 aliphatic rings. The summed E-state index contributed by atoms with van der Waals surface area (Å²) in [6.07, 6.45) is 9.97. The molecule has 26 heavy (non-hydrogen) atoms. The lowest BCUT2D eigenvalue weighted by molar-refractivity contribution is -0.144. The van der Waals surface area contributed by atoms with Crippen LogP contribution in [0.4, 0.5) is 0 Å². The van der Waals surface area contributed by atoms with Gasteiger partial charge in [-0.15, -0.1) is 0 Å². The number of nitrogens with one attached hydrogen (secondary N) is 1. The molecule has 0 bridgehead atoms. The third kappa shape index (κ3) is 3.55. The van der Waals surface area contributed by atoms with Gasteiger partial charge in [-0.2, -0.15) is 0 Å². The average Bonchev–Trinajstić information content (AvgIpc) is 3.20. The van der Waals surface area contributed by atoms with E-state index in [1.165, 1.54) is 5.57 Å². The summed E-state index contributed by atoms with van der Waals surface area (Å²) in [5.74, 6) is 0.0481. The Hall–Kier alpha value is -1.72. The van der Waals surface area contributed by atoms with Gasteiger partial charge in [0.2, 0.25) is 0 Å². The van der Waals surface area contributed by atoms with Crippen LogP contribution in [0.3, 0.4) is 0 Å². The minimum Gasteiger partial charge on any atom is -0.459 e. The van der Waals surface area contributed by atoms with Crippen LogP contribution in [-0.2, 0) is 20.8 Å². The van der Waals surface area contributed by atoms with Crippen LogP contribution in [0.1, 0.15) is 45.1 Å². The zero-order valence-corrected chi connectivity index (χ0v) is 15.6. The maximum absolute atomic E-state index is 12.6. The van der Waals surface area contributed by atoms with Crippen molar-refractivity contribution in [2.75, 3.05) is 6.54 Å². The highest BCUT2D eigenvalue weighted by atomic mass is 16.6. The second kappa shape index (κ2) is 7.12. The van der Waals surface area contributed by atoms with Crippen LogP contribution < -0.4 is 5.32 Å². The molecule has 1 aromatic heterocycles. The van der Waals surface area contributed by atoms with Gasteiger partial charge in [-0.3, -0.25) is 9.78 Å². The number of aromatic nitrogens is 1. The Kier molecular flexibility index (Phi) is 4.84. The largest absolute Gasteiger partial charge is 0.459 e. The molecule has 140 valence electrons. The summed E-state index contributed by atoms with van der Waals surface area (Å²) in [6.45, 7) is 5.70. The van der Waals surface area contributed by atoms with Crippen molar-refractivity contribution in [1.82, 2.24) is 10.3 Å². The van der Waals surface area contributed by atoms with Gasteiger partial charge >= 0.3 is 5.97 Å². The third-order valence-corrected chi connectivity index (χ3v) is 6.15. The van der Waals surface area contributed by atoms with Crippen molar-refractivity contribution in [2.24, 2.45) is 11.8 Å². The van der Waals surface area contributed by atoms with Crippen molar-refractivity contribution in [3.05, 3.63) is 41.7 Å². The molecule has 5 nitrogen and oxygen atoms in total. The minimum atomic E-state index is -0.130. The number of nitrogens with zero attached hydrogens (tertiary/aromatic N) is 1. The molecule has 0 amide bonds. The van der Waals surface area contributed by atoms with Gasteiger partial charge in [-0.25, -0.2) is 0 Å². The summed E-state index contributed by atoms with van der Waals surface area (Å²) < 4.78 is 11.9. The zero-order valence-electron chi connectivity index (χ0n) is 15.6. The first-order chi connectivity index (χ1) is 12.6. The Morgan fingerprint density at radius 1 is 1.42 bits per heavy atom. The van der Waals surface area contributed by atoms with Crippen LogP contribution in [0.15, 0.2) is 36.2 Å². The van der Waals surface area contributed by atoms with Gasteiger partial charge in [0, 0.05) is 31.4 Å². The Bertz CT molecular complexity index is 690. The minimum absolute atomic E-state index is 0.0616. The Labute approximate surface area is 155 Å². The van der Waals surface area contributed by atoms with Crippen LogP contribution >= 0.6 is 0 Å². The fourth-order valence-corrected chi connectivity index (χ4v) is 4.45. The molecule has 1 aromatic rings. The number of carbonyl (C=O) groups is 1. The van der Waals surface area contributed by atoms with Crippen LogP contribution in [-0.4, -0.2) is 35.3 Å². The van der Waals surface area contributed by atoms with Crippen LogP contribution in [0.2, 0.25) is 0 Å². The zero-order chi connectivity index (χ0) is 18.1. The molecule has 2 aliphatic heterocycles. The summed E-state index contributed by atoms with van der Waals surface area (Å²) in [5.41, 5.74) is 2.40. The number of allylic oxidation sites excluding steroid dienone is 2. The second-order valence-electron chi connectivity index (χ2n) is 8.14. The fraction of sp³-hybridized carbons (Fsp3) is 0.619. The maximum Gasteiger partial charge on any atom is 0.311 e. The van der Waals surface area contributed by atoms with Crippen molar-refractivity contribution in [1.29, 1.82) is 0 Å². The van der Waals surface area contributed by atoms with Crippen molar-refractivity contribution >= 4 is 5.97 Å². The predicted octanol–water partition coefficient (Wildman–Crippen LogP) is 3.01. The molecule has 2 fully saturated rings. The molecule has 0 saturated carbocycles. The van der Waals surface area contributed by atoms with Gasteiger partial charge in [0.25, 0.3) is 0 Å². The van der Waals surface area contributed by atoms with Gasteiger partial charge in [-0.1, -0.05) is 17.7 Å². The summed E-state index contributed by atoms with van der Waals surface area (Å²) in [7, 11) is 0. The molecule has 5 heteroatoms. The Morgan fingerprint density at radius 2 is 2.31 bits per heavy atom. The molecule has 0 spiro atoms. The number of esters is 1. The van der Waals surface area contributed by atoms with Crippen LogP contribution in [0, 0.1) is 11.8 Å². The number of carbonyl (C=O) groups excluding carboxylic acids is 1. The van der Waals surface area contributed by atoms with Crippen molar-refractivity contribution < 1.29 is 14.3 Å². The van der Waals surface area contributed by atoms with E-state index < -0.39 is 0 Å². The second-order valence-corrected chi connectivity index (χ2v) is 8.14. The van der Waals surface area contributed by atoms with E-state index in [9.17, 15) is 4.79 Å². The number of rotatable bonds is 4. The highest BCUT2D eigenvalue weighted by molar-refractivity contribution is 5.75. The van der Waals surface area contributed by atoms with E-state index in [4.69, 9.17) is 9.47 Å². The monoisotopic (exact) mass is 356 g/mol. The van der Waals surface area contributed by atoms with E-state index >= 15 is 0 Å². The number of epoxide rings is 1. The normalized spacial score (nSPS) is 38.5. The number of fused-ring (bicyclic) bond motifs is 3. The smallest absolute Gasteiger partial charge is 0.311 e. The summed E-state index contributed by atoms with van der Waals surface area (Å²) in [5, 5.41) is 3.42. The first-order valence-electron chi connectivity index (χ1n) is 9.70. The fourth-order valence-electron chi connectivity index (χ4n) is 4.45. The molecule has 1 aliphatic carbocycles. The van der Waals surface area contributed by atoms with Gasteiger partial charge in [0.1, 0.15) is 12.2 Å². The molecule has 4 rings (SSSR count). The third-order valence-electron chi connectivity index (χ3n) is 6.15. The molecule has 5 atom stereocenters. The Morgan fingerprint density at radius 3 is 3.12 bits per heavy atom. The van der Waals surface area contributed by atoms with Crippen molar-refractivity contribution in [3.8, 4) is 0 Å². The number of hydrogen-bond acceptors (Lipinski definition) is 5. The quantitative estimate of drug-likeness (QED) is 0.510. The van der Waals surface area contributed by atoms with Gasteiger partial charge in [-0.05, 0) is 51.2 Å². The van der Waals surface area contributed by atoms with E-state index in [1.807, 2.05) is 18.3 Å². The highest BCUT2D eigenvalue weighted by Gasteiger charge is 2.62. The van der Waals surface area contributed by atoms with E-state index in [2.05, 4.69) is 30.2 Å². The lowest BCUT2D eigenvalue weighted by Gasteiger charge is -2.22. The van der Waals surface area contributed by atoms with Crippen LogP contribution in [0.5, 0.6) is 0 Å². The number of hydrogen-bond donors (Lipinski definition) is 1. The molecule has 0 aromatic carbocycles. The summed E-state index contributed by atoms with van der Waals surface area (Å²) >= 11 is 0. The molecule has 3 heterocycles. The lowest BCUT2D eigenvalue weighted by atomic mass is 9.80. The maximum atomic E-state index is 12.6. The first-order valence-corrected chi connectivity index (χ1v) is 9.70. The molecule has 1 N–H and O–H groups in total. The van der Waals surface area contributed by atoms with Crippen LogP contribution in [0.25, 0.3) is 0 Å². The SMILES string of the molecule is C/C1=C\CC[C@@]2(C)O[C@H]2[C@H]2OC(=O)[C@@H](CNCc3cccnc3)[C@@H]2CC1. The van der Waals surface area contributed by atoms with E-state index in [-0.39, 0.29) is 35.6 Å².